The average Bonchev–Trinajstić information content (AvgIpc) is 2.71. The van der Waals surface area contributed by atoms with Gasteiger partial charge in [0, 0.05) is 6.42 Å². The molecule has 0 aliphatic heterocycles. The Balaban J connectivity index is 1.96. The molecule has 154 valence electrons. The summed E-state index contributed by atoms with van der Waals surface area (Å²) in [5.74, 6) is -1.35. The minimum absolute atomic E-state index is 0.0943. The largest absolute Gasteiger partial charge is 0.445 e. The fourth-order valence-corrected chi connectivity index (χ4v) is 2.76. The third-order valence-corrected chi connectivity index (χ3v) is 4.38. The highest BCUT2D eigenvalue weighted by molar-refractivity contribution is 5.91. The lowest BCUT2D eigenvalue weighted by Gasteiger charge is -2.24. The Morgan fingerprint density at radius 1 is 0.897 bits per heavy atom. The van der Waals surface area contributed by atoms with Crippen LogP contribution >= 0.6 is 0 Å². The molecule has 0 aliphatic carbocycles. The zero-order chi connectivity index (χ0) is 21.2. The molecule has 0 saturated heterocycles. The van der Waals surface area contributed by atoms with Crippen LogP contribution in [-0.2, 0) is 27.4 Å². The summed E-state index contributed by atoms with van der Waals surface area (Å²) in [6, 6.07) is 16.7. The second-order valence-corrected chi connectivity index (χ2v) is 7.08. The molecule has 29 heavy (non-hydrogen) atoms. The normalized spacial score (nSPS) is 12.7. The van der Waals surface area contributed by atoms with Crippen LogP contribution in [0.3, 0.4) is 0 Å². The Morgan fingerprint density at radius 3 is 1.97 bits per heavy atom. The van der Waals surface area contributed by atoms with Gasteiger partial charge in [-0.3, -0.25) is 9.59 Å². The molecule has 0 spiro atoms. The summed E-state index contributed by atoms with van der Waals surface area (Å²) in [6.07, 6.45) is -0.438. The molecule has 0 aromatic heterocycles. The first-order chi connectivity index (χ1) is 13.9. The summed E-state index contributed by atoms with van der Waals surface area (Å²) >= 11 is 0. The molecule has 0 bridgehead atoms. The van der Waals surface area contributed by atoms with E-state index in [0.717, 1.165) is 11.1 Å². The number of hydrogen-bond acceptors (Lipinski definition) is 4. The van der Waals surface area contributed by atoms with E-state index in [-0.39, 0.29) is 18.9 Å². The maximum Gasteiger partial charge on any atom is 0.408 e. The Labute approximate surface area is 170 Å². The average molecular weight is 397 g/mol. The number of carbonyl (C=O) groups is 3. The second-order valence-electron chi connectivity index (χ2n) is 7.08. The number of nitrogens with one attached hydrogen (secondary N) is 2. The van der Waals surface area contributed by atoms with Crippen LogP contribution in [0.2, 0.25) is 0 Å². The molecule has 0 radical (unpaired) electrons. The highest BCUT2D eigenvalue weighted by Gasteiger charge is 2.28. The molecule has 0 unspecified atom stereocenters. The third kappa shape index (κ3) is 7.29. The van der Waals surface area contributed by atoms with E-state index >= 15 is 0 Å². The van der Waals surface area contributed by atoms with Gasteiger partial charge in [0.15, 0.2) is 0 Å². The van der Waals surface area contributed by atoms with Crippen molar-refractivity contribution in [2.75, 3.05) is 0 Å². The van der Waals surface area contributed by atoms with Crippen molar-refractivity contribution in [1.29, 1.82) is 0 Å². The summed E-state index contributed by atoms with van der Waals surface area (Å²) in [7, 11) is 0. The van der Waals surface area contributed by atoms with Crippen LogP contribution < -0.4 is 16.4 Å². The number of primary amides is 1. The Hall–Kier alpha value is -3.35. The van der Waals surface area contributed by atoms with Crippen molar-refractivity contribution >= 4 is 17.9 Å². The summed E-state index contributed by atoms with van der Waals surface area (Å²) in [5, 5.41) is 5.21. The molecule has 7 nitrogen and oxygen atoms in total. The van der Waals surface area contributed by atoms with Crippen LogP contribution in [0.15, 0.2) is 60.7 Å². The molecule has 0 aliphatic rings. The van der Waals surface area contributed by atoms with Gasteiger partial charge in [0.2, 0.25) is 11.8 Å². The first-order valence-corrected chi connectivity index (χ1v) is 9.47. The molecular formula is C22H27N3O4. The summed E-state index contributed by atoms with van der Waals surface area (Å²) in [6.45, 7) is 3.67. The van der Waals surface area contributed by atoms with Gasteiger partial charge >= 0.3 is 6.09 Å². The summed E-state index contributed by atoms with van der Waals surface area (Å²) < 4.78 is 5.19. The Bertz CT molecular complexity index is 809. The van der Waals surface area contributed by atoms with Crippen LogP contribution in [0.4, 0.5) is 4.79 Å². The molecule has 4 N–H and O–H groups in total. The second kappa shape index (κ2) is 10.8. The minimum atomic E-state index is -0.881. The van der Waals surface area contributed by atoms with E-state index in [2.05, 4.69) is 10.6 Å². The smallest absolute Gasteiger partial charge is 0.408 e. The zero-order valence-corrected chi connectivity index (χ0v) is 16.6. The van der Waals surface area contributed by atoms with E-state index < -0.39 is 30.0 Å². The van der Waals surface area contributed by atoms with Gasteiger partial charge in [0.25, 0.3) is 0 Å². The standard InChI is InChI=1S/C22H27N3O4/c1-15(2)19(25-22(28)29-14-17-11-7-4-8-12-17)21(27)24-18(20(23)26)13-16-9-5-3-6-10-16/h3-12,15,18-19H,13-14H2,1-2H3,(H2,23,26)(H,24,27)(H,25,28)/t18-,19-/m0/s1. The highest BCUT2D eigenvalue weighted by Crippen LogP contribution is 2.07. The number of nitrogens with two attached hydrogens (primary N) is 1. The molecular weight excluding hydrogens is 370 g/mol. The maximum atomic E-state index is 12.7. The predicted octanol–water partition coefficient (Wildman–Crippen LogP) is 2.15. The minimum Gasteiger partial charge on any atom is -0.445 e. The molecule has 2 rings (SSSR count). The SMILES string of the molecule is CC(C)[C@H](NC(=O)OCc1ccccc1)C(=O)N[C@@H](Cc1ccccc1)C(N)=O. The van der Waals surface area contributed by atoms with Gasteiger partial charge in [-0.2, -0.15) is 0 Å². The topological polar surface area (TPSA) is 111 Å². The van der Waals surface area contributed by atoms with Crippen molar-refractivity contribution in [2.24, 2.45) is 11.7 Å². The van der Waals surface area contributed by atoms with Crippen LogP contribution in [-0.4, -0.2) is 30.0 Å². The van der Waals surface area contributed by atoms with E-state index in [0.29, 0.717) is 0 Å². The van der Waals surface area contributed by atoms with E-state index in [1.807, 2.05) is 60.7 Å². The number of benzene rings is 2. The monoisotopic (exact) mass is 397 g/mol. The highest BCUT2D eigenvalue weighted by atomic mass is 16.5. The number of alkyl carbamates (subject to hydrolysis) is 1. The first kappa shape index (κ1) is 21.9. The number of ether oxygens (including phenoxy) is 1. The van der Waals surface area contributed by atoms with Gasteiger partial charge in [-0.1, -0.05) is 74.5 Å². The number of rotatable bonds is 9. The van der Waals surface area contributed by atoms with Crippen molar-refractivity contribution in [3.8, 4) is 0 Å². The van der Waals surface area contributed by atoms with E-state index in [9.17, 15) is 14.4 Å². The Kier molecular flexibility index (Phi) is 8.21. The van der Waals surface area contributed by atoms with Crippen molar-refractivity contribution in [1.82, 2.24) is 10.6 Å². The van der Waals surface area contributed by atoms with Crippen LogP contribution in [0, 0.1) is 5.92 Å². The van der Waals surface area contributed by atoms with Crippen molar-refractivity contribution in [3.05, 3.63) is 71.8 Å². The van der Waals surface area contributed by atoms with Crippen LogP contribution in [0.5, 0.6) is 0 Å². The van der Waals surface area contributed by atoms with Crippen molar-refractivity contribution < 1.29 is 19.1 Å². The lowest BCUT2D eigenvalue weighted by atomic mass is 10.0. The molecule has 7 heteroatoms. The van der Waals surface area contributed by atoms with E-state index in [1.54, 1.807) is 13.8 Å². The van der Waals surface area contributed by atoms with E-state index in [4.69, 9.17) is 10.5 Å². The lowest BCUT2D eigenvalue weighted by Crippen LogP contribution is -2.55. The quantitative estimate of drug-likeness (QED) is 0.602. The Morgan fingerprint density at radius 2 is 1.45 bits per heavy atom. The van der Waals surface area contributed by atoms with Crippen molar-refractivity contribution in [3.63, 3.8) is 0 Å². The van der Waals surface area contributed by atoms with Crippen LogP contribution in [0.25, 0.3) is 0 Å². The fourth-order valence-electron chi connectivity index (χ4n) is 2.76. The van der Waals surface area contributed by atoms with Gasteiger partial charge in [0.05, 0.1) is 0 Å². The first-order valence-electron chi connectivity index (χ1n) is 9.47. The zero-order valence-electron chi connectivity index (χ0n) is 16.6. The third-order valence-electron chi connectivity index (χ3n) is 4.38. The molecule has 2 aromatic rings. The number of amides is 3. The van der Waals surface area contributed by atoms with Gasteiger partial charge < -0.3 is 21.1 Å². The summed E-state index contributed by atoms with van der Waals surface area (Å²) in [5.41, 5.74) is 7.16. The fraction of sp³-hybridized carbons (Fsp3) is 0.318. The van der Waals surface area contributed by atoms with Crippen LogP contribution in [0.1, 0.15) is 25.0 Å². The number of carbonyl (C=O) groups excluding carboxylic acids is 3. The lowest BCUT2D eigenvalue weighted by molar-refractivity contribution is -0.129. The van der Waals surface area contributed by atoms with Gasteiger partial charge in [-0.15, -0.1) is 0 Å². The predicted molar refractivity (Wildman–Crippen MR) is 110 cm³/mol. The maximum absolute atomic E-state index is 12.7. The molecule has 0 fully saturated rings. The molecule has 0 saturated carbocycles. The molecule has 2 aromatic carbocycles. The van der Waals surface area contributed by atoms with Gasteiger partial charge in [-0.25, -0.2) is 4.79 Å². The number of hydrogen-bond donors (Lipinski definition) is 3. The molecule has 0 heterocycles. The molecule has 3 amide bonds. The van der Waals surface area contributed by atoms with E-state index in [1.165, 1.54) is 0 Å². The van der Waals surface area contributed by atoms with Gasteiger partial charge in [-0.05, 0) is 17.0 Å². The summed E-state index contributed by atoms with van der Waals surface area (Å²) in [4.78, 5) is 36.7. The van der Waals surface area contributed by atoms with Crippen molar-refractivity contribution in [2.45, 2.75) is 39.0 Å². The van der Waals surface area contributed by atoms with Gasteiger partial charge in [0.1, 0.15) is 18.7 Å². The molecule has 2 atom stereocenters.